The number of aromatic nitrogens is 1. The second kappa shape index (κ2) is 8.40. The van der Waals surface area contributed by atoms with Gasteiger partial charge in [0.15, 0.2) is 0 Å². The molecule has 0 aliphatic heterocycles. The fourth-order valence-corrected chi connectivity index (χ4v) is 4.16. The van der Waals surface area contributed by atoms with E-state index in [9.17, 15) is 13.2 Å². The van der Waals surface area contributed by atoms with Gasteiger partial charge in [-0.1, -0.05) is 19.3 Å². The Bertz CT molecular complexity index is 598. The van der Waals surface area contributed by atoms with Crippen LogP contribution in [0.25, 0.3) is 0 Å². The number of rotatable bonds is 7. The van der Waals surface area contributed by atoms with Crippen molar-refractivity contribution in [3.63, 3.8) is 0 Å². The Hall–Kier alpha value is -1.47. The number of carbonyl (C=O) groups excluding carboxylic acids is 1. The Kier molecular flexibility index (Phi) is 6.53. The number of hydrogen-bond acceptors (Lipinski definition) is 4. The maximum atomic E-state index is 12.0. The summed E-state index contributed by atoms with van der Waals surface area (Å²) in [4.78, 5) is 15.9. The van der Waals surface area contributed by atoms with Crippen LogP contribution in [0.4, 0.5) is 0 Å². The minimum Gasteiger partial charge on any atom is -0.352 e. The van der Waals surface area contributed by atoms with Crippen LogP contribution >= 0.6 is 0 Å². The average Bonchev–Trinajstić information content (AvgIpc) is 2.54. The number of nitrogens with one attached hydrogen (secondary N) is 1. The fourth-order valence-electron chi connectivity index (χ4n) is 2.99. The van der Waals surface area contributed by atoms with Crippen molar-refractivity contribution in [1.29, 1.82) is 0 Å². The first kappa shape index (κ1) is 17.9. The number of pyridine rings is 1. The normalized spacial score (nSPS) is 16.4. The molecule has 0 radical (unpaired) electrons. The lowest BCUT2D eigenvalue weighted by Gasteiger charge is -2.32. The van der Waals surface area contributed by atoms with Crippen LogP contribution in [-0.4, -0.2) is 42.5 Å². The Balaban J connectivity index is 1.84. The number of sulfonamides is 1. The maximum Gasteiger partial charge on any atom is 0.221 e. The monoisotopic (exact) mass is 339 g/mol. The fraction of sp³-hybridized carbons (Fsp3) is 0.625. The SMILES string of the molecule is CS(=O)(=O)N(CCC(=O)NCc1ccncc1)C1CCCCC1. The van der Waals surface area contributed by atoms with Crippen molar-refractivity contribution < 1.29 is 13.2 Å². The van der Waals surface area contributed by atoms with Gasteiger partial charge in [-0.2, -0.15) is 4.31 Å². The van der Waals surface area contributed by atoms with E-state index in [0.29, 0.717) is 6.54 Å². The lowest BCUT2D eigenvalue weighted by molar-refractivity contribution is -0.121. The predicted molar refractivity (Wildman–Crippen MR) is 89.1 cm³/mol. The van der Waals surface area contributed by atoms with Gasteiger partial charge in [0, 0.05) is 37.9 Å². The Morgan fingerprint density at radius 3 is 2.52 bits per heavy atom. The van der Waals surface area contributed by atoms with E-state index in [1.165, 1.54) is 17.0 Å². The van der Waals surface area contributed by atoms with Crippen molar-refractivity contribution in [1.82, 2.24) is 14.6 Å². The molecule has 0 unspecified atom stereocenters. The summed E-state index contributed by atoms with van der Waals surface area (Å²) in [5.74, 6) is -0.133. The van der Waals surface area contributed by atoms with Gasteiger partial charge in [0.2, 0.25) is 15.9 Å². The smallest absolute Gasteiger partial charge is 0.221 e. The summed E-state index contributed by atoms with van der Waals surface area (Å²) in [7, 11) is -3.28. The van der Waals surface area contributed by atoms with E-state index in [4.69, 9.17) is 0 Å². The van der Waals surface area contributed by atoms with Gasteiger partial charge in [-0.15, -0.1) is 0 Å². The van der Waals surface area contributed by atoms with Gasteiger partial charge >= 0.3 is 0 Å². The third-order valence-corrected chi connectivity index (χ3v) is 5.54. The lowest BCUT2D eigenvalue weighted by Crippen LogP contribution is -2.42. The van der Waals surface area contributed by atoms with Gasteiger partial charge in [0.05, 0.1) is 6.26 Å². The molecule has 1 amide bonds. The highest BCUT2D eigenvalue weighted by atomic mass is 32.2. The first-order chi connectivity index (χ1) is 11.0. The summed E-state index contributed by atoms with van der Waals surface area (Å²) in [6.45, 7) is 0.690. The molecule has 23 heavy (non-hydrogen) atoms. The third kappa shape index (κ3) is 5.91. The molecule has 6 nitrogen and oxygen atoms in total. The Morgan fingerprint density at radius 2 is 1.91 bits per heavy atom. The molecule has 1 aliphatic rings. The van der Waals surface area contributed by atoms with E-state index >= 15 is 0 Å². The van der Waals surface area contributed by atoms with Crippen LogP contribution in [0.5, 0.6) is 0 Å². The van der Waals surface area contributed by atoms with Crippen LogP contribution in [-0.2, 0) is 21.4 Å². The minimum absolute atomic E-state index is 0.0479. The van der Waals surface area contributed by atoms with Crippen LogP contribution in [0, 0.1) is 0 Å². The molecular weight excluding hydrogens is 314 g/mol. The lowest BCUT2D eigenvalue weighted by atomic mass is 9.95. The van der Waals surface area contributed by atoms with Crippen LogP contribution in [0.1, 0.15) is 44.1 Å². The zero-order valence-corrected chi connectivity index (χ0v) is 14.4. The molecule has 1 saturated carbocycles. The summed E-state index contributed by atoms with van der Waals surface area (Å²) in [5, 5.41) is 2.82. The zero-order valence-electron chi connectivity index (χ0n) is 13.6. The third-order valence-electron chi connectivity index (χ3n) is 4.21. The van der Waals surface area contributed by atoms with E-state index in [1.807, 2.05) is 12.1 Å². The van der Waals surface area contributed by atoms with Gasteiger partial charge in [0.25, 0.3) is 0 Å². The first-order valence-corrected chi connectivity index (χ1v) is 9.94. The van der Waals surface area contributed by atoms with Crippen molar-refractivity contribution in [2.45, 2.75) is 51.1 Å². The highest BCUT2D eigenvalue weighted by molar-refractivity contribution is 7.88. The van der Waals surface area contributed by atoms with Crippen molar-refractivity contribution in [2.75, 3.05) is 12.8 Å². The molecule has 0 spiro atoms. The van der Waals surface area contributed by atoms with Crippen LogP contribution in [0.2, 0.25) is 0 Å². The number of nitrogens with zero attached hydrogens (tertiary/aromatic N) is 2. The van der Waals surface area contributed by atoms with Gasteiger partial charge < -0.3 is 5.32 Å². The predicted octanol–water partition coefficient (Wildman–Crippen LogP) is 1.68. The van der Waals surface area contributed by atoms with E-state index < -0.39 is 10.0 Å². The van der Waals surface area contributed by atoms with E-state index in [2.05, 4.69) is 10.3 Å². The summed E-state index contributed by atoms with van der Waals surface area (Å²) < 4.78 is 25.5. The molecule has 1 heterocycles. The average molecular weight is 339 g/mol. The second-order valence-electron chi connectivity index (χ2n) is 6.05. The van der Waals surface area contributed by atoms with Crippen LogP contribution in [0.15, 0.2) is 24.5 Å². The molecule has 1 fully saturated rings. The Morgan fingerprint density at radius 1 is 1.26 bits per heavy atom. The van der Waals surface area contributed by atoms with Crippen molar-refractivity contribution >= 4 is 15.9 Å². The molecular formula is C16H25N3O3S. The zero-order chi connectivity index (χ0) is 16.7. The number of hydrogen-bond donors (Lipinski definition) is 1. The minimum atomic E-state index is -3.28. The van der Waals surface area contributed by atoms with Gasteiger partial charge in [-0.25, -0.2) is 8.42 Å². The number of carbonyl (C=O) groups is 1. The highest BCUT2D eigenvalue weighted by Crippen LogP contribution is 2.24. The molecule has 7 heteroatoms. The molecule has 1 aromatic heterocycles. The number of amides is 1. The Labute approximate surface area is 138 Å². The van der Waals surface area contributed by atoms with Crippen molar-refractivity contribution in [2.24, 2.45) is 0 Å². The van der Waals surface area contributed by atoms with Crippen LogP contribution in [0.3, 0.4) is 0 Å². The topological polar surface area (TPSA) is 79.4 Å². The molecule has 1 N–H and O–H groups in total. The molecule has 0 aromatic carbocycles. The summed E-state index contributed by atoms with van der Waals surface area (Å²) in [6, 6.07) is 3.72. The quantitative estimate of drug-likeness (QED) is 0.820. The van der Waals surface area contributed by atoms with E-state index in [-0.39, 0.29) is 24.9 Å². The molecule has 128 valence electrons. The van der Waals surface area contributed by atoms with E-state index in [0.717, 1.165) is 31.2 Å². The molecule has 0 atom stereocenters. The first-order valence-electron chi connectivity index (χ1n) is 8.09. The van der Waals surface area contributed by atoms with Gasteiger partial charge in [-0.05, 0) is 30.5 Å². The van der Waals surface area contributed by atoms with Crippen molar-refractivity contribution in [3.05, 3.63) is 30.1 Å². The standard InChI is InChI=1S/C16H25N3O3S/c1-23(21,22)19(15-5-3-2-4-6-15)12-9-16(20)18-13-14-7-10-17-11-8-14/h7-8,10-11,15H,2-6,9,12-13H2,1H3,(H,18,20). The summed E-state index contributed by atoms with van der Waals surface area (Å²) in [6.07, 6.45) is 9.85. The van der Waals surface area contributed by atoms with Gasteiger partial charge in [0.1, 0.15) is 0 Å². The molecule has 1 aliphatic carbocycles. The van der Waals surface area contributed by atoms with Crippen molar-refractivity contribution in [3.8, 4) is 0 Å². The molecule has 2 rings (SSSR count). The maximum absolute atomic E-state index is 12.0. The largest absolute Gasteiger partial charge is 0.352 e. The van der Waals surface area contributed by atoms with E-state index in [1.54, 1.807) is 12.4 Å². The van der Waals surface area contributed by atoms with Gasteiger partial charge in [-0.3, -0.25) is 9.78 Å². The second-order valence-corrected chi connectivity index (χ2v) is 7.98. The summed E-state index contributed by atoms with van der Waals surface area (Å²) in [5.41, 5.74) is 0.973. The summed E-state index contributed by atoms with van der Waals surface area (Å²) >= 11 is 0. The molecule has 1 aromatic rings. The molecule has 0 bridgehead atoms. The highest BCUT2D eigenvalue weighted by Gasteiger charge is 2.28. The van der Waals surface area contributed by atoms with Crippen LogP contribution < -0.4 is 5.32 Å². The molecule has 0 saturated heterocycles.